The van der Waals surface area contributed by atoms with E-state index in [2.05, 4.69) is 30.8 Å². The molecule has 0 fully saturated rings. The second kappa shape index (κ2) is 6.59. The average Bonchev–Trinajstić information content (AvgIpc) is 3.24. The van der Waals surface area contributed by atoms with Crippen LogP contribution in [0.1, 0.15) is 0 Å². The number of aromatic amines is 1. The van der Waals surface area contributed by atoms with Gasteiger partial charge in [0, 0.05) is 10.9 Å². The smallest absolute Gasteiger partial charge is 0.305 e. The summed E-state index contributed by atoms with van der Waals surface area (Å²) in [6.45, 7) is 0. The summed E-state index contributed by atoms with van der Waals surface area (Å²) in [6, 6.07) is 7.79. The van der Waals surface area contributed by atoms with Gasteiger partial charge >= 0.3 is 5.88 Å². The van der Waals surface area contributed by atoms with E-state index >= 15 is 0 Å². The number of hydrogen-bond acceptors (Lipinski definition) is 8. The van der Waals surface area contributed by atoms with E-state index in [1.807, 2.05) is 24.3 Å². The van der Waals surface area contributed by atoms with Gasteiger partial charge in [-0.3, -0.25) is 14.6 Å². The Bertz CT molecular complexity index is 1090. The van der Waals surface area contributed by atoms with Crippen LogP contribution in [0.25, 0.3) is 22.1 Å². The maximum atomic E-state index is 12.0. The number of H-pyrrole nitrogens is 1. The van der Waals surface area contributed by atoms with Crippen LogP contribution in [0.4, 0.5) is 5.88 Å². The molecule has 4 aromatic rings. The third kappa shape index (κ3) is 3.16. The molecule has 0 aliphatic rings. The zero-order chi connectivity index (χ0) is 18.1. The highest BCUT2D eigenvalue weighted by molar-refractivity contribution is 7.99. The Morgan fingerprint density at radius 3 is 3.00 bits per heavy atom. The second-order valence-electron chi connectivity index (χ2n) is 5.63. The van der Waals surface area contributed by atoms with Crippen LogP contribution in [-0.4, -0.2) is 51.2 Å². The third-order valence-electron chi connectivity index (χ3n) is 3.56. The highest BCUT2D eigenvalue weighted by atomic mass is 32.2. The highest BCUT2D eigenvalue weighted by Gasteiger charge is 2.16. The monoisotopic (exact) mass is 371 g/mol. The lowest BCUT2D eigenvalue weighted by Gasteiger charge is -1.99. The first-order valence-electron chi connectivity index (χ1n) is 7.70. The largest absolute Gasteiger partial charge is 0.338 e. The van der Waals surface area contributed by atoms with E-state index in [0.29, 0.717) is 16.3 Å². The number of nitrogens with one attached hydrogen (secondary N) is 2. The van der Waals surface area contributed by atoms with E-state index in [0.717, 1.165) is 10.9 Å². The summed E-state index contributed by atoms with van der Waals surface area (Å²) in [5.74, 6) is 0.127. The van der Waals surface area contributed by atoms with Crippen molar-refractivity contribution in [2.45, 2.75) is 5.16 Å². The number of amides is 1. The summed E-state index contributed by atoms with van der Waals surface area (Å²) in [6.07, 6.45) is 1.57. The van der Waals surface area contributed by atoms with Crippen molar-refractivity contribution < 1.29 is 14.1 Å². The molecule has 3 aromatic heterocycles. The van der Waals surface area contributed by atoms with Gasteiger partial charge in [0.05, 0.1) is 24.6 Å². The molecule has 0 saturated heterocycles. The normalized spacial score (nSPS) is 11.2. The van der Waals surface area contributed by atoms with Gasteiger partial charge in [0.15, 0.2) is 5.65 Å². The Kier molecular flexibility index (Phi) is 4.13. The number of benzene rings is 1. The minimum Gasteiger partial charge on any atom is -0.338 e. The Morgan fingerprint density at radius 1 is 1.35 bits per heavy atom. The fourth-order valence-electron chi connectivity index (χ4n) is 2.35. The Morgan fingerprint density at radius 2 is 2.19 bits per heavy atom. The van der Waals surface area contributed by atoms with E-state index < -0.39 is 0 Å². The molecular formula is C15H15N8O2S+. The number of para-hydroxylation sites is 1. The van der Waals surface area contributed by atoms with E-state index in [-0.39, 0.29) is 17.5 Å². The lowest BCUT2D eigenvalue weighted by molar-refractivity contribution is -0.753. The fraction of sp³-hybridized carbons (Fsp3) is 0.200. The van der Waals surface area contributed by atoms with E-state index in [1.54, 1.807) is 25.3 Å². The molecule has 2 N–H and O–H groups in total. The highest BCUT2D eigenvalue weighted by Crippen LogP contribution is 2.23. The second-order valence-corrected chi connectivity index (χ2v) is 6.58. The van der Waals surface area contributed by atoms with E-state index in [1.165, 1.54) is 16.6 Å². The van der Waals surface area contributed by atoms with Gasteiger partial charge in [0.1, 0.15) is 5.52 Å². The lowest BCUT2D eigenvalue weighted by atomic mass is 10.2. The number of carbonyl (C=O) groups is 1. The van der Waals surface area contributed by atoms with Crippen molar-refractivity contribution in [1.82, 2.24) is 25.4 Å². The molecular weight excluding hydrogens is 356 g/mol. The summed E-state index contributed by atoms with van der Waals surface area (Å²) < 4.78 is 5.02. The molecule has 0 atom stereocenters. The van der Waals surface area contributed by atoms with Crippen LogP contribution < -0.4 is 15.1 Å². The number of nitrogens with zero attached hydrogens (tertiary/aromatic N) is 6. The van der Waals surface area contributed by atoms with E-state index in [9.17, 15) is 4.79 Å². The summed E-state index contributed by atoms with van der Waals surface area (Å²) in [5, 5.41) is 17.8. The summed E-state index contributed by atoms with van der Waals surface area (Å²) in [5.41, 5.74) is 2.30. The molecule has 0 aliphatic heterocycles. The molecule has 26 heavy (non-hydrogen) atoms. The van der Waals surface area contributed by atoms with Gasteiger partial charge in [-0.2, -0.15) is 5.01 Å². The Hall–Kier alpha value is -3.21. The van der Waals surface area contributed by atoms with E-state index in [4.69, 9.17) is 4.52 Å². The zero-order valence-electron chi connectivity index (χ0n) is 14.0. The molecule has 0 spiro atoms. The first kappa shape index (κ1) is 16.3. The van der Waals surface area contributed by atoms with Crippen molar-refractivity contribution in [3.63, 3.8) is 0 Å². The topological polar surface area (TPSA) is 117 Å². The van der Waals surface area contributed by atoms with Crippen LogP contribution in [0, 0.1) is 0 Å². The first-order valence-corrected chi connectivity index (χ1v) is 8.69. The molecule has 0 radical (unpaired) electrons. The quantitative estimate of drug-likeness (QED) is 0.389. The van der Waals surface area contributed by atoms with Crippen LogP contribution in [0.15, 0.2) is 40.1 Å². The average molecular weight is 371 g/mol. The summed E-state index contributed by atoms with van der Waals surface area (Å²) in [4.78, 5) is 21.1. The molecule has 1 aromatic carbocycles. The van der Waals surface area contributed by atoms with Crippen molar-refractivity contribution in [3.8, 4) is 0 Å². The molecule has 132 valence electrons. The molecule has 4 rings (SSSR count). The van der Waals surface area contributed by atoms with Crippen molar-refractivity contribution >= 4 is 45.6 Å². The number of aromatic nitrogens is 6. The molecule has 0 saturated carbocycles. The zero-order valence-corrected chi connectivity index (χ0v) is 14.8. The van der Waals surface area contributed by atoms with Crippen molar-refractivity contribution in [2.75, 3.05) is 30.2 Å². The van der Waals surface area contributed by atoms with Gasteiger partial charge in [-0.25, -0.2) is 4.98 Å². The first-order chi connectivity index (χ1) is 12.6. The summed E-state index contributed by atoms with van der Waals surface area (Å²) in [7, 11) is 3.60. The van der Waals surface area contributed by atoms with Gasteiger partial charge in [-0.15, -0.1) is 10.2 Å². The van der Waals surface area contributed by atoms with Crippen LogP contribution in [0.5, 0.6) is 0 Å². The number of carbonyl (C=O) groups excluding carboxylic acids is 1. The standard InChI is InChI=1S/C15H14N8O2S/c1-22(2)23-7-12(25-21-23)17-11(24)8-26-15-18-14-13(19-20-15)9-5-3-4-6-10(9)16-14/h3-7H,8H2,1-2H3,(H-,16,17,18,19,20,21,24)/p+1. The number of anilines is 1. The molecule has 0 bridgehead atoms. The van der Waals surface area contributed by atoms with Crippen LogP contribution in [0.3, 0.4) is 0 Å². The van der Waals surface area contributed by atoms with Crippen molar-refractivity contribution in [1.29, 1.82) is 0 Å². The number of fused-ring (bicyclic) bond motifs is 3. The van der Waals surface area contributed by atoms with Crippen LogP contribution in [-0.2, 0) is 4.79 Å². The van der Waals surface area contributed by atoms with Gasteiger partial charge in [0.25, 0.3) is 6.20 Å². The van der Waals surface area contributed by atoms with Crippen molar-refractivity contribution in [3.05, 3.63) is 30.5 Å². The SMILES string of the molecule is CN(C)[n+]1cc(NC(=O)CSc2nnc3c(n2)[nH]c2ccccc23)on1. The predicted octanol–water partition coefficient (Wildman–Crippen LogP) is 0.710. The third-order valence-corrected chi connectivity index (χ3v) is 4.40. The molecule has 0 unspecified atom stereocenters. The fourth-order valence-corrected chi connectivity index (χ4v) is 2.94. The van der Waals surface area contributed by atoms with Crippen LogP contribution >= 0.6 is 11.8 Å². The number of rotatable bonds is 5. The molecule has 1 amide bonds. The molecule has 11 heteroatoms. The van der Waals surface area contributed by atoms with Gasteiger partial charge in [0.2, 0.25) is 16.3 Å². The summed E-state index contributed by atoms with van der Waals surface area (Å²) >= 11 is 1.19. The predicted molar refractivity (Wildman–Crippen MR) is 95.3 cm³/mol. The molecule has 0 aliphatic carbocycles. The minimum atomic E-state index is -0.252. The maximum absolute atomic E-state index is 12.0. The molecule has 10 nitrogen and oxygen atoms in total. The molecule has 3 heterocycles. The van der Waals surface area contributed by atoms with Gasteiger partial charge in [-0.05, 0) is 6.07 Å². The van der Waals surface area contributed by atoms with Crippen molar-refractivity contribution in [2.24, 2.45) is 0 Å². The van der Waals surface area contributed by atoms with Gasteiger partial charge < -0.3 is 4.98 Å². The Balaban J connectivity index is 1.43. The minimum absolute atomic E-state index is 0.121. The van der Waals surface area contributed by atoms with Crippen LogP contribution in [0.2, 0.25) is 0 Å². The van der Waals surface area contributed by atoms with Gasteiger partial charge in [-0.1, -0.05) is 30.0 Å². The Labute approximate surface area is 151 Å². The lowest BCUT2D eigenvalue weighted by Crippen LogP contribution is -2.53. The number of thioether (sulfide) groups is 1. The number of hydrogen-bond donors (Lipinski definition) is 2. The maximum Gasteiger partial charge on any atom is 0.305 e.